The van der Waals surface area contributed by atoms with Crippen LogP contribution in [-0.2, 0) is 4.74 Å². The maximum Gasteiger partial charge on any atom is 0.269 e. The number of ether oxygens (including phenoxy) is 2. The first kappa shape index (κ1) is 20.7. The van der Waals surface area contributed by atoms with E-state index < -0.39 is 18.3 Å². The number of aryl methyl sites for hydroxylation is 1. The van der Waals surface area contributed by atoms with Crippen LogP contribution in [0.15, 0.2) is 24.3 Å². The van der Waals surface area contributed by atoms with Crippen molar-refractivity contribution >= 4 is 17.2 Å². The quantitative estimate of drug-likeness (QED) is 0.714. The average Bonchev–Trinajstić information content (AvgIpc) is 2.67. The van der Waals surface area contributed by atoms with E-state index in [2.05, 4.69) is 9.97 Å². The number of carbonyl (C=O) groups excluding carboxylic acids is 1. The SMILES string of the molecule is COCOc1ccc(C)c(-c2nc(C3=CCC(F)(F)CC3)nc(C(N)=O)c2N)c1. The minimum absolute atomic E-state index is 0.0231. The van der Waals surface area contributed by atoms with Crippen LogP contribution in [0.3, 0.4) is 0 Å². The fraction of sp³-hybridized carbons (Fsp3) is 0.350. The van der Waals surface area contributed by atoms with Gasteiger partial charge < -0.3 is 20.9 Å². The highest BCUT2D eigenvalue weighted by molar-refractivity contribution is 5.99. The minimum Gasteiger partial charge on any atom is -0.468 e. The molecular formula is C20H22F2N4O3. The number of aromatic nitrogens is 2. The Balaban J connectivity index is 2.13. The lowest BCUT2D eigenvalue weighted by Crippen LogP contribution is -2.21. The molecule has 1 aliphatic carbocycles. The van der Waals surface area contributed by atoms with Crippen molar-refractivity contribution in [1.29, 1.82) is 0 Å². The van der Waals surface area contributed by atoms with Crippen LogP contribution in [-0.4, -0.2) is 35.7 Å². The van der Waals surface area contributed by atoms with Crippen LogP contribution in [0, 0.1) is 6.92 Å². The van der Waals surface area contributed by atoms with Gasteiger partial charge in [-0.25, -0.2) is 18.7 Å². The Hall–Kier alpha value is -3.07. The van der Waals surface area contributed by atoms with Crippen LogP contribution in [0.25, 0.3) is 16.8 Å². The van der Waals surface area contributed by atoms with Gasteiger partial charge in [-0.3, -0.25) is 4.79 Å². The van der Waals surface area contributed by atoms with Crippen LogP contribution in [0.4, 0.5) is 14.5 Å². The molecule has 0 atom stereocenters. The lowest BCUT2D eigenvalue weighted by atomic mass is 9.95. The van der Waals surface area contributed by atoms with Crippen LogP contribution in [0.1, 0.15) is 41.1 Å². The summed E-state index contributed by atoms with van der Waals surface area (Å²) < 4.78 is 37.4. The molecule has 1 heterocycles. The summed E-state index contributed by atoms with van der Waals surface area (Å²) in [4.78, 5) is 20.6. The Kier molecular flexibility index (Phi) is 5.78. The fourth-order valence-corrected chi connectivity index (χ4v) is 3.08. The molecule has 1 aromatic heterocycles. The second-order valence-corrected chi connectivity index (χ2v) is 6.84. The third-order valence-corrected chi connectivity index (χ3v) is 4.68. The molecule has 0 spiro atoms. The minimum atomic E-state index is -2.75. The Morgan fingerprint density at radius 3 is 2.69 bits per heavy atom. The summed E-state index contributed by atoms with van der Waals surface area (Å²) in [6, 6.07) is 5.29. The Morgan fingerprint density at radius 2 is 2.07 bits per heavy atom. The molecule has 1 aromatic carbocycles. The molecule has 154 valence electrons. The first-order valence-corrected chi connectivity index (χ1v) is 8.99. The summed E-state index contributed by atoms with van der Waals surface area (Å²) in [5.41, 5.74) is 13.7. The molecule has 2 aromatic rings. The zero-order chi connectivity index (χ0) is 21.2. The molecule has 1 aliphatic rings. The number of allylic oxidation sites excluding steroid dienone is 2. The molecule has 4 N–H and O–H groups in total. The van der Waals surface area contributed by atoms with Gasteiger partial charge in [0.05, 0.1) is 11.4 Å². The van der Waals surface area contributed by atoms with Crippen LogP contribution in [0.5, 0.6) is 5.75 Å². The second-order valence-electron chi connectivity index (χ2n) is 6.84. The number of nitrogen functional groups attached to an aromatic ring is 1. The van der Waals surface area contributed by atoms with E-state index in [0.717, 1.165) is 5.56 Å². The highest BCUT2D eigenvalue weighted by Gasteiger charge is 2.32. The van der Waals surface area contributed by atoms with Gasteiger partial charge in [-0.05, 0) is 36.6 Å². The smallest absolute Gasteiger partial charge is 0.269 e. The zero-order valence-corrected chi connectivity index (χ0v) is 16.2. The van der Waals surface area contributed by atoms with E-state index in [1.807, 2.05) is 13.0 Å². The van der Waals surface area contributed by atoms with Gasteiger partial charge in [0.2, 0.25) is 0 Å². The number of alkyl halides is 2. The van der Waals surface area contributed by atoms with Crippen molar-refractivity contribution in [3.05, 3.63) is 41.4 Å². The molecule has 0 aliphatic heterocycles. The van der Waals surface area contributed by atoms with Gasteiger partial charge in [0.15, 0.2) is 18.3 Å². The summed E-state index contributed by atoms with van der Waals surface area (Å²) >= 11 is 0. The molecule has 0 saturated carbocycles. The van der Waals surface area contributed by atoms with Gasteiger partial charge >= 0.3 is 0 Å². The van der Waals surface area contributed by atoms with Crippen molar-refractivity contribution in [2.75, 3.05) is 19.6 Å². The number of primary amides is 1. The van der Waals surface area contributed by atoms with Crippen molar-refractivity contribution in [1.82, 2.24) is 9.97 Å². The summed E-state index contributed by atoms with van der Waals surface area (Å²) in [6.45, 7) is 1.90. The van der Waals surface area contributed by atoms with Gasteiger partial charge in [-0.2, -0.15) is 0 Å². The zero-order valence-electron chi connectivity index (χ0n) is 16.2. The highest BCUT2D eigenvalue weighted by Crippen LogP contribution is 2.37. The number of nitrogens with two attached hydrogens (primary N) is 2. The first-order valence-electron chi connectivity index (χ1n) is 8.99. The van der Waals surface area contributed by atoms with Crippen molar-refractivity contribution in [3.8, 4) is 17.0 Å². The maximum absolute atomic E-state index is 13.5. The largest absolute Gasteiger partial charge is 0.468 e. The molecule has 1 amide bonds. The van der Waals surface area contributed by atoms with Gasteiger partial charge in [0, 0.05) is 25.5 Å². The Labute approximate surface area is 166 Å². The van der Waals surface area contributed by atoms with E-state index in [9.17, 15) is 13.6 Å². The topological polar surface area (TPSA) is 113 Å². The molecule has 0 fully saturated rings. The number of nitrogens with zero attached hydrogens (tertiary/aromatic N) is 2. The van der Waals surface area contributed by atoms with Gasteiger partial charge in [0.25, 0.3) is 11.8 Å². The molecule has 9 heteroatoms. The standard InChI is InChI=1S/C20H22F2N4O3/c1-11-3-4-13(29-10-28-2)9-14(11)16-15(23)17(18(24)27)26-19(25-16)12-5-7-20(21,22)8-6-12/h3-5,9H,6-8,10,23H2,1-2H3,(H2,24,27). The predicted octanol–water partition coefficient (Wildman–Crippen LogP) is 3.32. The summed E-state index contributed by atoms with van der Waals surface area (Å²) in [6.07, 6.45) is 0.767. The number of hydrogen-bond donors (Lipinski definition) is 2. The predicted molar refractivity (Wildman–Crippen MR) is 104 cm³/mol. The Morgan fingerprint density at radius 1 is 1.31 bits per heavy atom. The molecule has 0 radical (unpaired) electrons. The summed E-state index contributed by atoms with van der Waals surface area (Å²) in [5.74, 6) is -2.89. The lowest BCUT2D eigenvalue weighted by molar-refractivity contribution is -0.00609. The monoisotopic (exact) mass is 404 g/mol. The molecule has 0 bridgehead atoms. The van der Waals surface area contributed by atoms with E-state index >= 15 is 0 Å². The normalized spacial score (nSPS) is 15.7. The molecular weight excluding hydrogens is 382 g/mol. The van der Waals surface area contributed by atoms with E-state index in [0.29, 0.717) is 22.6 Å². The maximum atomic E-state index is 13.5. The molecule has 0 unspecified atom stereocenters. The number of methoxy groups -OCH3 is 1. The van der Waals surface area contributed by atoms with Gasteiger partial charge in [0.1, 0.15) is 5.75 Å². The number of hydrogen-bond acceptors (Lipinski definition) is 6. The summed E-state index contributed by atoms with van der Waals surface area (Å²) in [5, 5.41) is 0. The third-order valence-electron chi connectivity index (χ3n) is 4.68. The third kappa shape index (κ3) is 4.51. The number of rotatable bonds is 6. The molecule has 0 saturated heterocycles. The molecule has 29 heavy (non-hydrogen) atoms. The van der Waals surface area contributed by atoms with E-state index in [4.69, 9.17) is 20.9 Å². The number of amides is 1. The van der Waals surface area contributed by atoms with Gasteiger partial charge in [-0.1, -0.05) is 12.1 Å². The lowest BCUT2D eigenvalue weighted by Gasteiger charge is -2.21. The number of anilines is 1. The average molecular weight is 404 g/mol. The van der Waals surface area contributed by atoms with Crippen LogP contribution >= 0.6 is 0 Å². The highest BCUT2D eigenvalue weighted by atomic mass is 19.3. The van der Waals surface area contributed by atoms with Crippen molar-refractivity contribution in [3.63, 3.8) is 0 Å². The van der Waals surface area contributed by atoms with Gasteiger partial charge in [-0.15, -0.1) is 0 Å². The van der Waals surface area contributed by atoms with E-state index in [1.165, 1.54) is 13.2 Å². The van der Waals surface area contributed by atoms with Crippen molar-refractivity contribution in [2.24, 2.45) is 5.73 Å². The molecule has 3 rings (SSSR count). The summed E-state index contributed by atoms with van der Waals surface area (Å²) in [7, 11) is 1.50. The number of carbonyl (C=O) groups is 1. The van der Waals surface area contributed by atoms with Crippen molar-refractivity contribution in [2.45, 2.75) is 32.1 Å². The van der Waals surface area contributed by atoms with Crippen molar-refractivity contribution < 1.29 is 23.0 Å². The number of benzene rings is 1. The van der Waals surface area contributed by atoms with Crippen LogP contribution in [0.2, 0.25) is 0 Å². The fourth-order valence-electron chi connectivity index (χ4n) is 3.08. The Bertz CT molecular complexity index is 976. The van der Waals surface area contributed by atoms with Crippen LogP contribution < -0.4 is 16.2 Å². The second kappa shape index (κ2) is 8.12. The van der Waals surface area contributed by atoms with E-state index in [-0.39, 0.29) is 36.8 Å². The number of halogens is 2. The first-order chi connectivity index (χ1) is 13.7. The molecule has 7 nitrogen and oxygen atoms in total. The van der Waals surface area contributed by atoms with E-state index in [1.54, 1.807) is 12.1 Å².